The molecule has 0 aliphatic carbocycles. The Morgan fingerprint density at radius 2 is 1.96 bits per heavy atom. The van der Waals surface area contributed by atoms with Crippen molar-refractivity contribution in [2.75, 3.05) is 11.1 Å². The van der Waals surface area contributed by atoms with E-state index in [0.29, 0.717) is 16.1 Å². The van der Waals surface area contributed by atoms with Crippen LogP contribution in [0.3, 0.4) is 0 Å². The maximum absolute atomic E-state index is 12.3. The van der Waals surface area contributed by atoms with E-state index in [1.54, 1.807) is 6.07 Å². The average Bonchev–Trinajstić information content (AvgIpc) is 3.05. The van der Waals surface area contributed by atoms with Crippen LogP contribution < -0.4 is 5.32 Å². The molecule has 6 nitrogen and oxygen atoms in total. The van der Waals surface area contributed by atoms with Crippen molar-refractivity contribution in [2.45, 2.75) is 25.5 Å². The summed E-state index contributed by atoms with van der Waals surface area (Å²) in [5.41, 5.74) is 1.27. The number of rotatable bonds is 7. The highest BCUT2D eigenvalue weighted by Crippen LogP contribution is 2.28. The third kappa shape index (κ3) is 5.05. The Bertz CT molecular complexity index is 960. The molecule has 0 spiro atoms. The van der Waals surface area contributed by atoms with Gasteiger partial charge in [-0.25, -0.2) is 0 Å². The Morgan fingerprint density at radius 3 is 2.68 bits per heavy atom. The van der Waals surface area contributed by atoms with Gasteiger partial charge in [0.2, 0.25) is 5.91 Å². The summed E-state index contributed by atoms with van der Waals surface area (Å²) >= 11 is 7.22. The number of hydrogen-bond acceptors (Lipinski definition) is 5. The minimum Gasteiger partial charge on any atom is -0.506 e. The van der Waals surface area contributed by atoms with E-state index in [9.17, 15) is 9.90 Å². The molecule has 3 aromatic rings. The summed E-state index contributed by atoms with van der Waals surface area (Å²) in [7, 11) is 0. The van der Waals surface area contributed by atoms with Gasteiger partial charge in [-0.3, -0.25) is 4.79 Å². The van der Waals surface area contributed by atoms with Gasteiger partial charge < -0.3 is 15.0 Å². The Kier molecular flexibility index (Phi) is 6.59. The molecular weight excluding hydrogens is 396 g/mol. The summed E-state index contributed by atoms with van der Waals surface area (Å²) in [6.45, 7) is 4.99. The number of aromatic hydroxyl groups is 1. The second kappa shape index (κ2) is 9.12. The van der Waals surface area contributed by atoms with Crippen LogP contribution in [0.15, 0.2) is 53.7 Å². The van der Waals surface area contributed by atoms with Gasteiger partial charge in [0, 0.05) is 17.1 Å². The van der Waals surface area contributed by atoms with E-state index < -0.39 is 0 Å². The van der Waals surface area contributed by atoms with Gasteiger partial charge in [0.25, 0.3) is 0 Å². The lowest BCUT2D eigenvalue weighted by atomic mass is 10.2. The number of hydrogen-bond donors (Lipinski definition) is 2. The molecule has 0 aliphatic rings. The molecule has 2 N–H and O–H groups in total. The molecule has 0 radical (unpaired) electrons. The molecule has 0 aliphatic heterocycles. The lowest BCUT2D eigenvalue weighted by Gasteiger charge is -2.12. The number of thioether (sulfide) groups is 1. The molecular formula is C20H21ClN4O2S. The fourth-order valence-electron chi connectivity index (χ4n) is 2.65. The lowest BCUT2D eigenvalue weighted by molar-refractivity contribution is -0.113. The van der Waals surface area contributed by atoms with Crippen LogP contribution in [0.2, 0.25) is 5.02 Å². The minimum absolute atomic E-state index is 0.0305. The first kappa shape index (κ1) is 20.2. The molecule has 0 bridgehead atoms. The summed E-state index contributed by atoms with van der Waals surface area (Å²) in [6, 6.07) is 14.4. The number of aromatic nitrogens is 3. The number of phenolic OH excluding ortho intramolecular Hbond substituents is 1. The van der Waals surface area contributed by atoms with Crippen molar-refractivity contribution in [2.24, 2.45) is 5.92 Å². The third-order valence-electron chi connectivity index (χ3n) is 3.86. The van der Waals surface area contributed by atoms with E-state index in [0.717, 1.165) is 17.9 Å². The van der Waals surface area contributed by atoms with Crippen molar-refractivity contribution in [1.29, 1.82) is 0 Å². The highest BCUT2D eigenvalue weighted by molar-refractivity contribution is 7.99. The molecule has 1 amide bonds. The van der Waals surface area contributed by atoms with Gasteiger partial charge in [0.1, 0.15) is 5.75 Å². The van der Waals surface area contributed by atoms with Gasteiger partial charge in [-0.1, -0.05) is 67.5 Å². The van der Waals surface area contributed by atoms with E-state index in [4.69, 9.17) is 11.6 Å². The van der Waals surface area contributed by atoms with E-state index in [1.807, 2.05) is 34.9 Å². The molecule has 3 rings (SSSR count). The summed E-state index contributed by atoms with van der Waals surface area (Å²) < 4.78 is 2.04. The predicted octanol–water partition coefficient (Wildman–Crippen LogP) is 4.69. The van der Waals surface area contributed by atoms with Gasteiger partial charge in [-0.15, -0.1) is 10.2 Å². The highest BCUT2D eigenvalue weighted by Gasteiger charge is 2.17. The Morgan fingerprint density at radius 1 is 1.21 bits per heavy atom. The molecule has 0 saturated heterocycles. The van der Waals surface area contributed by atoms with Crippen LogP contribution in [0.1, 0.15) is 13.8 Å². The smallest absolute Gasteiger partial charge is 0.234 e. The van der Waals surface area contributed by atoms with Gasteiger partial charge in [-0.05, 0) is 24.1 Å². The second-order valence-electron chi connectivity index (χ2n) is 6.67. The predicted molar refractivity (Wildman–Crippen MR) is 113 cm³/mol. The fourth-order valence-corrected chi connectivity index (χ4v) is 3.57. The minimum atomic E-state index is -0.261. The van der Waals surface area contributed by atoms with E-state index in [1.165, 1.54) is 23.9 Å². The zero-order chi connectivity index (χ0) is 20.1. The van der Waals surface area contributed by atoms with Crippen LogP contribution >= 0.6 is 23.4 Å². The van der Waals surface area contributed by atoms with Crippen LogP contribution in [-0.4, -0.2) is 31.5 Å². The highest BCUT2D eigenvalue weighted by atomic mass is 35.5. The Labute approximate surface area is 172 Å². The van der Waals surface area contributed by atoms with Crippen molar-refractivity contribution >= 4 is 35.0 Å². The molecule has 146 valence electrons. The summed E-state index contributed by atoms with van der Waals surface area (Å²) in [4.78, 5) is 12.3. The van der Waals surface area contributed by atoms with Crippen molar-refractivity contribution in [1.82, 2.24) is 14.8 Å². The maximum atomic E-state index is 12.3. The van der Waals surface area contributed by atoms with Gasteiger partial charge >= 0.3 is 0 Å². The first-order chi connectivity index (χ1) is 13.4. The van der Waals surface area contributed by atoms with E-state index in [-0.39, 0.29) is 23.1 Å². The summed E-state index contributed by atoms with van der Waals surface area (Å²) in [5.74, 6) is 1.02. The molecule has 28 heavy (non-hydrogen) atoms. The van der Waals surface area contributed by atoms with E-state index in [2.05, 4.69) is 29.4 Å². The molecule has 1 heterocycles. The largest absolute Gasteiger partial charge is 0.506 e. The summed E-state index contributed by atoms with van der Waals surface area (Å²) in [6.07, 6.45) is 0. The number of anilines is 1. The standard InChI is InChI=1S/C20H21ClN4O2S/c1-13(2)11-25-19(14-6-4-3-5-7-14)23-24-20(25)28-12-18(27)22-16-10-15(21)8-9-17(16)26/h3-10,13,26H,11-12H2,1-2H3,(H,22,27). The summed E-state index contributed by atoms with van der Waals surface area (Å²) in [5, 5.41) is 22.2. The first-order valence-corrected chi connectivity index (χ1v) is 10.2. The number of carbonyl (C=O) groups excluding carboxylic acids is 1. The monoisotopic (exact) mass is 416 g/mol. The van der Waals surface area contributed by atoms with Crippen LogP contribution in [0.4, 0.5) is 5.69 Å². The maximum Gasteiger partial charge on any atom is 0.234 e. The third-order valence-corrected chi connectivity index (χ3v) is 5.06. The molecule has 0 unspecified atom stereocenters. The molecule has 0 fully saturated rings. The number of nitrogens with zero attached hydrogens (tertiary/aromatic N) is 3. The molecule has 0 saturated carbocycles. The van der Waals surface area contributed by atoms with Crippen molar-refractivity contribution in [3.8, 4) is 17.1 Å². The van der Waals surface area contributed by atoms with Gasteiger partial charge in [0.15, 0.2) is 11.0 Å². The normalized spacial score (nSPS) is 11.0. The lowest BCUT2D eigenvalue weighted by Crippen LogP contribution is -2.15. The van der Waals surface area contributed by atoms with Gasteiger partial charge in [-0.2, -0.15) is 0 Å². The Hall–Kier alpha value is -2.51. The Balaban J connectivity index is 1.74. The van der Waals surface area contributed by atoms with Crippen LogP contribution in [-0.2, 0) is 11.3 Å². The van der Waals surface area contributed by atoms with Gasteiger partial charge in [0.05, 0.1) is 11.4 Å². The molecule has 2 aromatic carbocycles. The van der Waals surface area contributed by atoms with Crippen molar-refractivity contribution in [3.05, 3.63) is 53.6 Å². The zero-order valence-electron chi connectivity index (χ0n) is 15.6. The average molecular weight is 417 g/mol. The zero-order valence-corrected chi connectivity index (χ0v) is 17.2. The first-order valence-electron chi connectivity index (χ1n) is 8.84. The number of carbonyl (C=O) groups is 1. The van der Waals surface area contributed by atoms with Crippen molar-refractivity contribution in [3.63, 3.8) is 0 Å². The van der Waals surface area contributed by atoms with Crippen LogP contribution in [0.25, 0.3) is 11.4 Å². The number of halogens is 1. The molecule has 0 atom stereocenters. The van der Waals surface area contributed by atoms with Crippen molar-refractivity contribution < 1.29 is 9.90 Å². The quantitative estimate of drug-likeness (QED) is 0.431. The van der Waals surface area contributed by atoms with Crippen LogP contribution in [0, 0.1) is 5.92 Å². The second-order valence-corrected chi connectivity index (χ2v) is 8.05. The van der Waals surface area contributed by atoms with E-state index >= 15 is 0 Å². The fraction of sp³-hybridized carbons (Fsp3) is 0.250. The number of amides is 1. The van der Waals surface area contributed by atoms with Crippen LogP contribution in [0.5, 0.6) is 5.75 Å². The number of benzene rings is 2. The molecule has 8 heteroatoms. The number of nitrogens with one attached hydrogen (secondary N) is 1. The topological polar surface area (TPSA) is 80.0 Å². The molecule has 1 aromatic heterocycles. The number of phenols is 1. The SMILES string of the molecule is CC(C)Cn1c(SCC(=O)Nc2cc(Cl)ccc2O)nnc1-c1ccccc1.